The van der Waals surface area contributed by atoms with Crippen LogP contribution >= 0.6 is 23.1 Å². The number of hydrogen-bond donors (Lipinski definition) is 1. The van der Waals surface area contributed by atoms with Crippen molar-refractivity contribution in [1.29, 1.82) is 0 Å². The minimum Gasteiger partial charge on any atom is -0.298 e. The first-order valence-corrected chi connectivity index (χ1v) is 9.29. The number of fused-ring (bicyclic) bond motifs is 1. The number of benzene rings is 2. The second-order valence-electron chi connectivity index (χ2n) is 5.29. The van der Waals surface area contributed by atoms with E-state index in [4.69, 9.17) is 0 Å². The second kappa shape index (κ2) is 6.72. The molecule has 1 N–H and O–H groups in total. The predicted molar refractivity (Wildman–Crippen MR) is 99.9 cm³/mol. The van der Waals surface area contributed by atoms with E-state index >= 15 is 0 Å². The molecular weight excluding hydrogens is 324 g/mol. The van der Waals surface area contributed by atoms with Crippen molar-refractivity contribution in [3.63, 3.8) is 0 Å². The molecule has 2 aromatic carbocycles. The fourth-order valence-corrected chi connectivity index (χ4v) is 3.98. The average Bonchev–Trinajstić information content (AvgIpc) is 2.95. The number of thioether (sulfide) groups is 1. The molecule has 3 rings (SSSR count). The van der Waals surface area contributed by atoms with Gasteiger partial charge in [0.05, 0.1) is 10.2 Å². The molecule has 3 nitrogen and oxygen atoms in total. The third-order valence-electron chi connectivity index (χ3n) is 3.71. The summed E-state index contributed by atoms with van der Waals surface area (Å²) in [5.74, 6) is 0.874. The van der Waals surface area contributed by atoms with Crippen LogP contribution in [0.4, 0.5) is 5.13 Å². The molecule has 0 saturated carbocycles. The lowest BCUT2D eigenvalue weighted by molar-refractivity contribution is 0.102. The summed E-state index contributed by atoms with van der Waals surface area (Å²) in [4.78, 5) is 18.1. The van der Waals surface area contributed by atoms with Crippen LogP contribution in [0.2, 0.25) is 0 Å². The van der Waals surface area contributed by atoms with Crippen LogP contribution in [0.15, 0.2) is 41.3 Å². The SMILES string of the molecule is CCSc1cccc(C(=O)Nc2nc3c(C)c(C)ccc3s2)c1. The van der Waals surface area contributed by atoms with Crippen molar-refractivity contribution in [2.45, 2.75) is 25.7 Å². The van der Waals surface area contributed by atoms with Gasteiger partial charge in [-0.1, -0.05) is 30.4 Å². The molecule has 0 bridgehead atoms. The van der Waals surface area contributed by atoms with E-state index in [0.717, 1.165) is 20.9 Å². The van der Waals surface area contributed by atoms with Gasteiger partial charge in [0.25, 0.3) is 5.91 Å². The lowest BCUT2D eigenvalue weighted by Gasteiger charge is -2.04. The minimum absolute atomic E-state index is 0.114. The normalized spacial score (nSPS) is 10.9. The summed E-state index contributed by atoms with van der Waals surface area (Å²) in [6.45, 7) is 6.24. The summed E-state index contributed by atoms with van der Waals surface area (Å²) in [6.07, 6.45) is 0. The van der Waals surface area contributed by atoms with Gasteiger partial charge in [-0.2, -0.15) is 0 Å². The number of anilines is 1. The maximum atomic E-state index is 12.4. The molecule has 118 valence electrons. The van der Waals surface area contributed by atoms with Crippen molar-refractivity contribution >= 4 is 44.4 Å². The minimum atomic E-state index is -0.114. The van der Waals surface area contributed by atoms with Gasteiger partial charge in [-0.25, -0.2) is 4.98 Å². The molecule has 0 saturated heterocycles. The monoisotopic (exact) mass is 342 g/mol. The Kier molecular flexibility index (Phi) is 4.68. The number of nitrogens with one attached hydrogen (secondary N) is 1. The second-order valence-corrected chi connectivity index (χ2v) is 7.66. The van der Waals surface area contributed by atoms with Crippen LogP contribution < -0.4 is 5.32 Å². The Morgan fingerprint density at radius 3 is 2.87 bits per heavy atom. The summed E-state index contributed by atoms with van der Waals surface area (Å²) < 4.78 is 1.10. The molecule has 0 aliphatic rings. The molecule has 23 heavy (non-hydrogen) atoms. The van der Waals surface area contributed by atoms with E-state index in [9.17, 15) is 4.79 Å². The fourth-order valence-electron chi connectivity index (χ4n) is 2.34. The number of hydrogen-bond acceptors (Lipinski definition) is 4. The number of thiazole rings is 1. The van der Waals surface area contributed by atoms with Crippen LogP contribution in [-0.2, 0) is 0 Å². The van der Waals surface area contributed by atoms with Crippen molar-refractivity contribution in [2.24, 2.45) is 0 Å². The van der Waals surface area contributed by atoms with Gasteiger partial charge in [0.2, 0.25) is 0 Å². The van der Waals surface area contributed by atoms with Crippen LogP contribution in [0.5, 0.6) is 0 Å². The molecule has 1 aromatic heterocycles. The molecule has 0 spiro atoms. The molecular formula is C18H18N2OS2. The summed E-state index contributed by atoms with van der Waals surface area (Å²) in [6, 6.07) is 11.8. The maximum Gasteiger partial charge on any atom is 0.257 e. The van der Waals surface area contributed by atoms with E-state index in [1.807, 2.05) is 24.3 Å². The first-order chi connectivity index (χ1) is 11.1. The van der Waals surface area contributed by atoms with Crippen molar-refractivity contribution in [3.05, 3.63) is 53.1 Å². The number of carbonyl (C=O) groups is 1. The molecule has 0 aliphatic heterocycles. The highest BCUT2D eigenvalue weighted by molar-refractivity contribution is 7.99. The molecule has 3 aromatic rings. The predicted octanol–water partition coefficient (Wildman–Crippen LogP) is 5.28. The molecule has 0 fully saturated rings. The molecule has 1 heterocycles. The number of aryl methyl sites for hydroxylation is 2. The third-order valence-corrected chi connectivity index (χ3v) is 5.52. The molecule has 5 heteroatoms. The molecule has 0 radical (unpaired) electrons. The summed E-state index contributed by atoms with van der Waals surface area (Å²) >= 11 is 3.24. The zero-order valence-corrected chi connectivity index (χ0v) is 15.0. The van der Waals surface area contributed by atoms with E-state index in [1.165, 1.54) is 22.5 Å². The van der Waals surface area contributed by atoms with Crippen LogP contribution in [0, 0.1) is 13.8 Å². The van der Waals surface area contributed by atoms with Crippen molar-refractivity contribution in [2.75, 3.05) is 11.1 Å². The Labute approximate surface area is 144 Å². The Balaban J connectivity index is 1.85. The van der Waals surface area contributed by atoms with Gasteiger partial charge in [-0.3, -0.25) is 10.1 Å². The summed E-state index contributed by atoms with van der Waals surface area (Å²) in [7, 11) is 0. The zero-order chi connectivity index (χ0) is 16.4. The smallest absolute Gasteiger partial charge is 0.257 e. The van der Waals surface area contributed by atoms with Gasteiger partial charge in [-0.05, 0) is 55.0 Å². The number of carbonyl (C=O) groups excluding carboxylic acids is 1. The van der Waals surface area contributed by atoms with Crippen molar-refractivity contribution in [1.82, 2.24) is 4.98 Å². The average molecular weight is 342 g/mol. The van der Waals surface area contributed by atoms with Gasteiger partial charge in [0.1, 0.15) is 0 Å². The van der Waals surface area contributed by atoms with Gasteiger partial charge >= 0.3 is 0 Å². The first-order valence-electron chi connectivity index (χ1n) is 7.49. The van der Waals surface area contributed by atoms with E-state index in [-0.39, 0.29) is 5.91 Å². The quantitative estimate of drug-likeness (QED) is 0.656. The van der Waals surface area contributed by atoms with Crippen LogP contribution in [0.25, 0.3) is 10.2 Å². The van der Waals surface area contributed by atoms with Crippen LogP contribution in [-0.4, -0.2) is 16.6 Å². The number of aromatic nitrogens is 1. The van der Waals surface area contributed by atoms with E-state index in [2.05, 4.69) is 43.2 Å². The number of nitrogens with zero attached hydrogens (tertiary/aromatic N) is 1. The largest absolute Gasteiger partial charge is 0.298 e. The number of rotatable bonds is 4. The summed E-state index contributed by atoms with van der Waals surface area (Å²) in [5.41, 5.74) is 4.02. The Hall–Kier alpha value is -1.85. The fraction of sp³-hybridized carbons (Fsp3) is 0.222. The van der Waals surface area contributed by atoms with Crippen LogP contribution in [0.1, 0.15) is 28.4 Å². The Morgan fingerprint density at radius 1 is 1.26 bits per heavy atom. The van der Waals surface area contributed by atoms with Gasteiger partial charge in [-0.15, -0.1) is 11.8 Å². The van der Waals surface area contributed by atoms with Crippen LogP contribution in [0.3, 0.4) is 0 Å². The van der Waals surface area contributed by atoms with E-state index in [1.54, 1.807) is 11.8 Å². The molecule has 0 aliphatic carbocycles. The van der Waals surface area contributed by atoms with Gasteiger partial charge in [0, 0.05) is 10.5 Å². The molecule has 0 unspecified atom stereocenters. The van der Waals surface area contributed by atoms with E-state index < -0.39 is 0 Å². The highest BCUT2D eigenvalue weighted by Gasteiger charge is 2.12. The first kappa shape index (κ1) is 16.0. The molecule has 1 amide bonds. The third kappa shape index (κ3) is 3.41. The zero-order valence-electron chi connectivity index (χ0n) is 13.3. The maximum absolute atomic E-state index is 12.4. The Bertz CT molecular complexity index is 871. The van der Waals surface area contributed by atoms with Gasteiger partial charge < -0.3 is 0 Å². The standard InChI is InChI=1S/C18H18N2OS2/c1-4-22-14-7-5-6-13(10-14)17(21)20-18-19-16-12(3)11(2)8-9-15(16)23-18/h5-10H,4H2,1-3H3,(H,19,20,21). The summed E-state index contributed by atoms with van der Waals surface area (Å²) in [5, 5.41) is 3.57. The van der Waals surface area contributed by atoms with E-state index in [0.29, 0.717) is 10.7 Å². The number of amides is 1. The van der Waals surface area contributed by atoms with Crippen molar-refractivity contribution in [3.8, 4) is 0 Å². The lowest BCUT2D eigenvalue weighted by atomic mass is 10.1. The topological polar surface area (TPSA) is 42.0 Å². The Morgan fingerprint density at radius 2 is 2.09 bits per heavy atom. The highest BCUT2D eigenvalue weighted by Crippen LogP contribution is 2.30. The van der Waals surface area contributed by atoms with Gasteiger partial charge in [0.15, 0.2) is 5.13 Å². The lowest BCUT2D eigenvalue weighted by Crippen LogP contribution is -2.11. The highest BCUT2D eigenvalue weighted by atomic mass is 32.2. The van der Waals surface area contributed by atoms with Crippen molar-refractivity contribution < 1.29 is 4.79 Å². The molecule has 0 atom stereocenters.